The van der Waals surface area contributed by atoms with Crippen LogP contribution in [0.5, 0.6) is 0 Å². The van der Waals surface area contributed by atoms with E-state index in [0.717, 1.165) is 12.0 Å². The van der Waals surface area contributed by atoms with E-state index in [0.29, 0.717) is 5.69 Å². The number of carbonyl (C=O) groups is 3. The van der Waals surface area contributed by atoms with Crippen LogP contribution in [0.25, 0.3) is 0 Å². The Bertz CT molecular complexity index is 564. The SMILES string of the molecule is CCC(C)(C)C(=O)Nc1ccc(CC(=O)NCC(=O)OC)cc1. The highest BCUT2D eigenvalue weighted by Gasteiger charge is 2.25. The van der Waals surface area contributed by atoms with Crippen molar-refractivity contribution in [3.05, 3.63) is 29.8 Å². The van der Waals surface area contributed by atoms with E-state index in [-0.39, 0.29) is 24.8 Å². The quantitative estimate of drug-likeness (QED) is 0.751. The van der Waals surface area contributed by atoms with E-state index < -0.39 is 11.4 Å². The molecule has 1 rings (SSSR count). The number of anilines is 1. The molecule has 1 aromatic carbocycles. The van der Waals surface area contributed by atoms with Crippen LogP contribution in [0, 0.1) is 5.41 Å². The van der Waals surface area contributed by atoms with E-state index in [9.17, 15) is 14.4 Å². The van der Waals surface area contributed by atoms with Crippen molar-refractivity contribution in [2.75, 3.05) is 19.0 Å². The van der Waals surface area contributed by atoms with Crippen molar-refractivity contribution in [2.45, 2.75) is 33.6 Å². The molecule has 2 N–H and O–H groups in total. The van der Waals surface area contributed by atoms with Gasteiger partial charge < -0.3 is 15.4 Å². The molecule has 0 aromatic heterocycles. The lowest BCUT2D eigenvalue weighted by Crippen LogP contribution is -2.31. The number of benzene rings is 1. The molecule has 0 spiro atoms. The van der Waals surface area contributed by atoms with Crippen LogP contribution in [0.4, 0.5) is 5.69 Å². The van der Waals surface area contributed by atoms with Crippen LogP contribution in [0.3, 0.4) is 0 Å². The predicted molar refractivity (Wildman–Crippen MR) is 87.9 cm³/mol. The average Bonchev–Trinajstić information content (AvgIpc) is 2.54. The molecule has 6 heteroatoms. The highest BCUT2D eigenvalue weighted by molar-refractivity contribution is 5.94. The summed E-state index contributed by atoms with van der Waals surface area (Å²) in [6.07, 6.45) is 0.906. The molecule has 126 valence electrons. The monoisotopic (exact) mass is 320 g/mol. The fraction of sp³-hybridized carbons (Fsp3) is 0.471. The van der Waals surface area contributed by atoms with Gasteiger partial charge in [0.25, 0.3) is 0 Å². The molecule has 1 aromatic rings. The minimum absolute atomic E-state index is 0.0384. The van der Waals surface area contributed by atoms with Crippen LogP contribution < -0.4 is 10.6 Å². The topological polar surface area (TPSA) is 84.5 Å². The molecule has 0 saturated heterocycles. The molecule has 0 heterocycles. The van der Waals surface area contributed by atoms with Gasteiger partial charge >= 0.3 is 5.97 Å². The maximum atomic E-state index is 12.1. The molecule has 0 atom stereocenters. The molecule has 0 aliphatic heterocycles. The molecule has 0 aliphatic rings. The normalized spacial score (nSPS) is 10.8. The number of rotatable bonds is 7. The molecule has 0 radical (unpaired) electrons. The highest BCUT2D eigenvalue weighted by atomic mass is 16.5. The Morgan fingerprint density at radius 1 is 1.13 bits per heavy atom. The third-order valence-electron chi connectivity index (χ3n) is 3.73. The van der Waals surface area contributed by atoms with Gasteiger partial charge in [-0.15, -0.1) is 0 Å². The molecular weight excluding hydrogens is 296 g/mol. The maximum absolute atomic E-state index is 12.1. The van der Waals surface area contributed by atoms with Gasteiger partial charge in [-0.1, -0.05) is 32.9 Å². The zero-order valence-corrected chi connectivity index (χ0v) is 14.1. The molecule has 0 saturated carbocycles. The summed E-state index contributed by atoms with van der Waals surface area (Å²) in [7, 11) is 1.27. The molecule has 0 bridgehead atoms. The smallest absolute Gasteiger partial charge is 0.325 e. The first-order valence-electron chi connectivity index (χ1n) is 7.52. The van der Waals surface area contributed by atoms with Crippen molar-refractivity contribution in [1.29, 1.82) is 0 Å². The van der Waals surface area contributed by atoms with Crippen LogP contribution >= 0.6 is 0 Å². The van der Waals surface area contributed by atoms with Gasteiger partial charge in [-0.3, -0.25) is 14.4 Å². The summed E-state index contributed by atoms with van der Waals surface area (Å²) < 4.78 is 4.45. The van der Waals surface area contributed by atoms with Crippen LogP contribution in [-0.4, -0.2) is 31.4 Å². The lowest BCUT2D eigenvalue weighted by molar-refractivity contribution is -0.141. The highest BCUT2D eigenvalue weighted by Crippen LogP contribution is 2.22. The van der Waals surface area contributed by atoms with Gasteiger partial charge in [-0.05, 0) is 24.1 Å². The molecular formula is C17H24N2O4. The van der Waals surface area contributed by atoms with Gasteiger partial charge in [0.2, 0.25) is 11.8 Å². The molecule has 0 fully saturated rings. The number of ether oxygens (including phenoxy) is 1. The van der Waals surface area contributed by atoms with E-state index in [1.54, 1.807) is 24.3 Å². The van der Waals surface area contributed by atoms with Gasteiger partial charge in [-0.25, -0.2) is 0 Å². The lowest BCUT2D eigenvalue weighted by atomic mass is 9.89. The molecule has 0 aliphatic carbocycles. The third-order valence-corrected chi connectivity index (χ3v) is 3.73. The summed E-state index contributed by atoms with van der Waals surface area (Å²) in [5, 5.41) is 5.33. The third kappa shape index (κ3) is 6.10. The van der Waals surface area contributed by atoms with Crippen molar-refractivity contribution in [2.24, 2.45) is 5.41 Å². The summed E-state index contributed by atoms with van der Waals surface area (Å²) in [6, 6.07) is 7.05. The number of hydrogen-bond acceptors (Lipinski definition) is 4. The number of hydrogen-bond donors (Lipinski definition) is 2. The Labute approximate surface area is 136 Å². The van der Waals surface area contributed by atoms with Gasteiger partial charge in [0.05, 0.1) is 13.5 Å². The van der Waals surface area contributed by atoms with Gasteiger partial charge in [0.15, 0.2) is 0 Å². The van der Waals surface area contributed by atoms with Crippen LogP contribution in [0.2, 0.25) is 0 Å². The number of esters is 1. The molecule has 23 heavy (non-hydrogen) atoms. The Morgan fingerprint density at radius 3 is 2.26 bits per heavy atom. The van der Waals surface area contributed by atoms with Crippen molar-refractivity contribution in [1.82, 2.24) is 5.32 Å². The summed E-state index contributed by atoms with van der Waals surface area (Å²) in [5.41, 5.74) is 1.06. The van der Waals surface area contributed by atoms with Crippen LogP contribution in [-0.2, 0) is 25.5 Å². The van der Waals surface area contributed by atoms with E-state index in [1.807, 2.05) is 20.8 Å². The average molecular weight is 320 g/mol. The maximum Gasteiger partial charge on any atom is 0.325 e. The Morgan fingerprint density at radius 2 is 1.74 bits per heavy atom. The van der Waals surface area contributed by atoms with E-state index in [2.05, 4.69) is 15.4 Å². The Kier molecular flexibility index (Phi) is 6.75. The van der Waals surface area contributed by atoms with E-state index >= 15 is 0 Å². The Hall–Kier alpha value is -2.37. The zero-order valence-electron chi connectivity index (χ0n) is 14.1. The van der Waals surface area contributed by atoms with Crippen molar-refractivity contribution in [3.63, 3.8) is 0 Å². The van der Waals surface area contributed by atoms with Gasteiger partial charge in [-0.2, -0.15) is 0 Å². The van der Waals surface area contributed by atoms with Crippen LogP contribution in [0.15, 0.2) is 24.3 Å². The first kappa shape index (κ1) is 18.7. The zero-order chi connectivity index (χ0) is 17.5. The number of nitrogens with one attached hydrogen (secondary N) is 2. The minimum Gasteiger partial charge on any atom is -0.468 e. The molecule has 2 amide bonds. The predicted octanol–water partition coefficient (Wildman–Crippen LogP) is 1.89. The summed E-state index contributed by atoms with van der Waals surface area (Å²) in [6.45, 7) is 5.61. The number of amides is 2. The standard InChI is InChI=1S/C17H24N2O4/c1-5-17(2,3)16(22)19-13-8-6-12(7-9-13)10-14(20)18-11-15(21)23-4/h6-9H,5,10-11H2,1-4H3,(H,18,20)(H,19,22). The molecule has 6 nitrogen and oxygen atoms in total. The van der Waals surface area contributed by atoms with Crippen LogP contribution in [0.1, 0.15) is 32.8 Å². The summed E-state index contributed by atoms with van der Waals surface area (Å²) >= 11 is 0. The van der Waals surface area contributed by atoms with E-state index in [1.165, 1.54) is 7.11 Å². The first-order chi connectivity index (χ1) is 10.8. The van der Waals surface area contributed by atoms with Crippen molar-refractivity contribution < 1.29 is 19.1 Å². The number of methoxy groups -OCH3 is 1. The second-order valence-electron chi connectivity index (χ2n) is 5.92. The largest absolute Gasteiger partial charge is 0.468 e. The van der Waals surface area contributed by atoms with Gasteiger partial charge in [0, 0.05) is 11.1 Å². The second-order valence-corrected chi connectivity index (χ2v) is 5.92. The van der Waals surface area contributed by atoms with Gasteiger partial charge in [0.1, 0.15) is 6.54 Å². The Balaban J connectivity index is 2.55. The second kappa shape index (κ2) is 8.31. The fourth-order valence-corrected chi connectivity index (χ4v) is 1.66. The number of carbonyl (C=O) groups excluding carboxylic acids is 3. The summed E-state index contributed by atoms with van der Waals surface area (Å²) in [5.74, 6) is -0.794. The van der Waals surface area contributed by atoms with Crippen molar-refractivity contribution >= 4 is 23.5 Å². The van der Waals surface area contributed by atoms with E-state index in [4.69, 9.17) is 0 Å². The molecule has 0 unspecified atom stereocenters. The van der Waals surface area contributed by atoms with Crippen molar-refractivity contribution in [3.8, 4) is 0 Å². The first-order valence-corrected chi connectivity index (χ1v) is 7.52. The fourth-order valence-electron chi connectivity index (χ4n) is 1.66. The minimum atomic E-state index is -0.491. The lowest BCUT2D eigenvalue weighted by Gasteiger charge is -2.21. The summed E-state index contributed by atoms with van der Waals surface area (Å²) in [4.78, 5) is 34.7.